The van der Waals surface area contributed by atoms with Gasteiger partial charge in [-0.25, -0.2) is 0 Å². The highest BCUT2D eigenvalue weighted by atomic mass is 16.5. The van der Waals surface area contributed by atoms with Gasteiger partial charge in [-0.2, -0.15) is 4.98 Å². The van der Waals surface area contributed by atoms with Crippen LogP contribution in [0.2, 0.25) is 0 Å². The van der Waals surface area contributed by atoms with E-state index in [0.29, 0.717) is 24.8 Å². The maximum absolute atomic E-state index is 13.4. The highest BCUT2D eigenvalue weighted by molar-refractivity contribution is 6.00. The Hall–Kier alpha value is -3.48. The monoisotopic (exact) mass is 444 g/mol. The van der Waals surface area contributed by atoms with Crippen LogP contribution in [0.3, 0.4) is 0 Å². The number of carbonyl (C=O) groups excluding carboxylic acids is 2. The van der Waals surface area contributed by atoms with Crippen LogP contribution in [0.15, 0.2) is 47.0 Å². The minimum absolute atomic E-state index is 0.00716. The van der Waals surface area contributed by atoms with Crippen LogP contribution in [0.1, 0.15) is 47.9 Å². The third kappa shape index (κ3) is 4.03. The Bertz CT molecular complexity index is 1200. The highest BCUT2D eigenvalue weighted by Crippen LogP contribution is 2.35. The lowest BCUT2D eigenvalue weighted by atomic mass is 10.1. The summed E-state index contributed by atoms with van der Waals surface area (Å²) in [6.45, 7) is 7.16. The number of hydrogen-bond acceptors (Lipinski definition) is 5. The zero-order valence-electron chi connectivity index (χ0n) is 19.2. The lowest BCUT2D eigenvalue weighted by molar-refractivity contribution is -0.137. The molecule has 2 aliphatic rings. The summed E-state index contributed by atoms with van der Waals surface area (Å²) in [5.41, 5.74) is 5.22. The van der Waals surface area contributed by atoms with Gasteiger partial charge in [-0.05, 0) is 56.9 Å². The smallest absolute Gasteiger partial charge is 0.249 e. The molecule has 0 N–H and O–H groups in total. The van der Waals surface area contributed by atoms with E-state index in [9.17, 15) is 9.59 Å². The third-order valence-corrected chi connectivity index (χ3v) is 6.85. The molecule has 2 fully saturated rings. The van der Waals surface area contributed by atoms with Crippen LogP contribution in [-0.4, -0.2) is 39.9 Å². The molecule has 170 valence electrons. The lowest BCUT2D eigenvalue weighted by Crippen LogP contribution is -2.37. The largest absolute Gasteiger partial charge is 0.337 e. The first-order valence-corrected chi connectivity index (χ1v) is 11.5. The first kappa shape index (κ1) is 21.4. The van der Waals surface area contributed by atoms with E-state index in [1.54, 1.807) is 4.90 Å². The highest BCUT2D eigenvalue weighted by Gasteiger charge is 2.42. The first-order chi connectivity index (χ1) is 15.9. The predicted molar refractivity (Wildman–Crippen MR) is 125 cm³/mol. The molecule has 3 aromatic rings. The van der Waals surface area contributed by atoms with Crippen molar-refractivity contribution in [3.05, 3.63) is 65.0 Å². The van der Waals surface area contributed by atoms with Crippen LogP contribution in [0.4, 0.5) is 5.69 Å². The van der Waals surface area contributed by atoms with E-state index in [-0.39, 0.29) is 30.2 Å². The van der Waals surface area contributed by atoms with Gasteiger partial charge in [0.1, 0.15) is 6.04 Å². The topological polar surface area (TPSA) is 79.5 Å². The fourth-order valence-electron chi connectivity index (χ4n) is 4.73. The molecule has 5 rings (SSSR count). The Balaban J connectivity index is 1.32. The van der Waals surface area contributed by atoms with Crippen molar-refractivity contribution in [3.8, 4) is 11.4 Å². The summed E-state index contributed by atoms with van der Waals surface area (Å²) in [4.78, 5) is 34.4. The van der Waals surface area contributed by atoms with Crippen LogP contribution in [0.5, 0.6) is 0 Å². The molecule has 0 radical (unpaired) electrons. The molecule has 0 aliphatic carbocycles. The Kier molecular flexibility index (Phi) is 5.48. The van der Waals surface area contributed by atoms with Crippen molar-refractivity contribution in [2.45, 2.75) is 46.1 Å². The van der Waals surface area contributed by atoms with Crippen molar-refractivity contribution in [2.75, 3.05) is 18.0 Å². The number of nitrogens with zero attached hydrogens (tertiary/aromatic N) is 4. The van der Waals surface area contributed by atoms with E-state index < -0.39 is 0 Å². The van der Waals surface area contributed by atoms with Crippen LogP contribution in [0, 0.1) is 26.7 Å². The zero-order valence-corrected chi connectivity index (χ0v) is 19.2. The summed E-state index contributed by atoms with van der Waals surface area (Å²) >= 11 is 0. The van der Waals surface area contributed by atoms with Gasteiger partial charge in [0, 0.05) is 30.8 Å². The van der Waals surface area contributed by atoms with E-state index in [1.165, 1.54) is 5.56 Å². The fraction of sp³-hybridized carbons (Fsp3) is 0.385. The Morgan fingerprint density at radius 2 is 1.85 bits per heavy atom. The van der Waals surface area contributed by atoms with Gasteiger partial charge in [0.25, 0.3) is 0 Å². The molecular formula is C26H28N4O3. The fourth-order valence-corrected chi connectivity index (χ4v) is 4.73. The number of carbonyl (C=O) groups is 2. The summed E-state index contributed by atoms with van der Waals surface area (Å²) in [6.07, 6.45) is 1.89. The molecular weight excluding hydrogens is 416 g/mol. The summed E-state index contributed by atoms with van der Waals surface area (Å²) in [5, 5.41) is 4.14. The number of aromatic nitrogens is 2. The van der Waals surface area contributed by atoms with E-state index in [0.717, 1.165) is 35.2 Å². The minimum Gasteiger partial charge on any atom is -0.337 e. The lowest BCUT2D eigenvalue weighted by Gasteiger charge is -2.25. The van der Waals surface area contributed by atoms with Crippen molar-refractivity contribution < 1.29 is 14.1 Å². The van der Waals surface area contributed by atoms with E-state index in [1.807, 2.05) is 68.1 Å². The summed E-state index contributed by atoms with van der Waals surface area (Å²) in [6, 6.07) is 13.7. The van der Waals surface area contributed by atoms with E-state index in [4.69, 9.17) is 4.52 Å². The van der Waals surface area contributed by atoms with E-state index in [2.05, 4.69) is 10.1 Å². The van der Waals surface area contributed by atoms with Crippen molar-refractivity contribution in [3.63, 3.8) is 0 Å². The van der Waals surface area contributed by atoms with Gasteiger partial charge < -0.3 is 14.3 Å². The molecule has 2 saturated heterocycles. The molecule has 33 heavy (non-hydrogen) atoms. The second-order valence-electron chi connectivity index (χ2n) is 9.19. The molecule has 0 unspecified atom stereocenters. The van der Waals surface area contributed by atoms with Gasteiger partial charge in [0.2, 0.25) is 23.5 Å². The number of anilines is 1. The summed E-state index contributed by atoms with van der Waals surface area (Å²) < 4.78 is 5.58. The van der Waals surface area contributed by atoms with Crippen molar-refractivity contribution in [2.24, 2.45) is 5.92 Å². The Morgan fingerprint density at radius 3 is 2.61 bits per heavy atom. The first-order valence-electron chi connectivity index (χ1n) is 11.5. The molecule has 0 spiro atoms. The van der Waals surface area contributed by atoms with Gasteiger partial charge in [0.05, 0.1) is 5.92 Å². The number of benzene rings is 2. The van der Waals surface area contributed by atoms with E-state index >= 15 is 0 Å². The molecule has 0 bridgehead atoms. The number of amides is 2. The number of rotatable bonds is 4. The second-order valence-corrected chi connectivity index (χ2v) is 9.19. The summed E-state index contributed by atoms with van der Waals surface area (Å²) in [7, 11) is 0. The molecule has 1 aromatic heterocycles. The van der Waals surface area contributed by atoms with Gasteiger partial charge in [-0.3, -0.25) is 9.59 Å². The maximum Gasteiger partial charge on any atom is 0.249 e. The average molecular weight is 445 g/mol. The number of likely N-dealkylation sites (tertiary alicyclic amines) is 1. The molecule has 3 heterocycles. The predicted octanol–water partition coefficient (Wildman–Crippen LogP) is 4.38. The van der Waals surface area contributed by atoms with Crippen molar-refractivity contribution in [1.82, 2.24) is 15.0 Å². The molecule has 2 aromatic carbocycles. The molecule has 0 saturated carbocycles. The molecule has 2 amide bonds. The van der Waals surface area contributed by atoms with Gasteiger partial charge >= 0.3 is 0 Å². The van der Waals surface area contributed by atoms with Crippen LogP contribution >= 0.6 is 0 Å². The van der Waals surface area contributed by atoms with Gasteiger partial charge in [0.15, 0.2) is 0 Å². The van der Waals surface area contributed by atoms with Gasteiger partial charge in [-0.1, -0.05) is 41.1 Å². The molecule has 7 heteroatoms. The average Bonchev–Trinajstić information content (AvgIpc) is 3.55. The number of aryl methyl sites for hydroxylation is 3. The number of hydrogen-bond donors (Lipinski definition) is 0. The Labute approximate surface area is 193 Å². The second kappa shape index (κ2) is 8.46. The SMILES string of the molecule is Cc1ccc(-c2noc([C@H]3CCCN3C(=O)[C@H]3CC(=O)N(c4ccc(C)c(C)c4)C3)n2)cc1. The quantitative estimate of drug-likeness (QED) is 0.597. The normalized spacial score (nSPS) is 20.6. The molecule has 2 atom stereocenters. The van der Waals surface area contributed by atoms with Crippen LogP contribution in [0.25, 0.3) is 11.4 Å². The standard InChI is InChI=1S/C26H28N4O3/c1-16-6-9-19(10-7-16)24-27-25(33-28-24)22-5-4-12-29(22)26(32)20-14-23(31)30(15-20)21-11-8-17(2)18(3)13-21/h6-11,13,20,22H,4-5,12,14-15H2,1-3H3/t20-,22+/m0/s1. The van der Waals surface area contributed by atoms with Crippen LogP contribution in [-0.2, 0) is 9.59 Å². The summed E-state index contributed by atoms with van der Waals surface area (Å²) in [5.74, 6) is 0.617. The molecule has 2 aliphatic heterocycles. The zero-order chi connectivity index (χ0) is 23.1. The van der Waals surface area contributed by atoms with Crippen LogP contribution < -0.4 is 4.90 Å². The van der Waals surface area contributed by atoms with Crippen molar-refractivity contribution in [1.29, 1.82) is 0 Å². The molecule has 7 nitrogen and oxygen atoms in total. The third-order valence-electron chi connectivity index (χ3n) is 6.85. The van der Waals surface area contributed by atoms with Gasteiger partial charge in [-0.15, -0.1) is 0 Å². The maximum atomic E-state index is 13.4. The Morgan fingerprint density at radius 1 is 1.06 bits per heavy atom. The minimum atomic E-state index is -0.362. The van der Waals surface area contributed by atoms with Crippen molar-refractivity contribution >= 4 is 17.5 Å².